The van der Waals surface area contributed by atoms with Gasteiger partial charge in [-0.25, -0.2) is 0 Å². The van der Waals surface area contributed by atoms with Gasteiger partial charge in [0.05, 0.1) is 6.54 Å². The number of furan rings is 1. The molecule has 2 aromatic rings. The number of nitrogens with two attached hydrogens (primary N) is 1. The summed E-state index contributed by atoms with van der Waals surface area (Å²) in [5, 5.41) is 1.19. The molecule has 2 heterocycles. The minimum atomic E-state index is 0. The minimum absolute atomic E-state index is 0. The molecule has 3 rings (SSSR count). The van der Waals surface area contributed by atoms with Gasteiger partial charge >= 0.3 is 0 Å². The summed E-state index contributed by atoms with van der Waals surface area (Å²) < 4.78 is 5.86. The number of likely N-dealkylation sites (tertiary alicyclic amines) is 1. The lowest BCUT2D eigenvalue weighted by atomic mass is 10.2. The van der Waals surface area contributed by atoms with E-state index < -0.39 is 0 Å². The fraction of sp³-hybridized carbons (Fsp3) is 0.467. The van der Waals surface area contributed by atoms with E-state index in [0.717, 1.165) is 37.4 Å². The summed E-state index contributed by atoms with van der Waals surface area (Å²) in [6, 6.07) is 10.6. The number of fused-ring (bicyclic) bond motifs is 1. The predicted molar refractivity (Wildman–Crippen MR) is 87.8 cm³/mol. The Labute approximate surface area is 132 Å². The Morgan fingerprint density at radius 1 is 1.20 bits per heavy atom. The number of hydrogen-bond donors (Lipinski definition) is 1. The fourth-order valence-corrected chi connectivity index (χ4v) is 2.73. The molecule has 1 aromatic heterocycles. The molecule has 1 atom stereocenters. The fourth-order valence-electron chi connectivity index (χ4n) is 2.73. The molecule has 112 valence electrons. The lowest BCUT2D eigenvalue weighted by Gasteiger charge is -2.20. The van der Waals surface area contributed by atoms with Crippen molar-refractivity contribution in [2.75, 3.05) is 13.1 Å². The molecule has 0 spiro atoms. The maximum absolute atomic E-state index is 6.08. The van der Waals surface area contributed by atoms with Crippen molar-refractivity contribution in [3.8, 4) is 0 Å². The van der Waals surface area contributed by atoms with Crippen LogP contribution in [0.5, 0.6) is 0 Å². The van der Waals surface area contributed by atoms with Crippen LogP contribution in [0.15, 0.2) is 34.7 Å². The van der Waals surface area contributed by atoms with E-state index in [1.165, 1.54) is 18.2 Å². The van der Waals surface area contributed by atoms with Crippen LogP contribution in [0, 0.1) is 0 Å². The molecule has 2 N–H and O–H groups in total. The number of rotatable bonds is 2. The molecular formula is C15H22Cl2N2O. The molecule has 1 saturated heterocycles. The summed E-state index contributed by atoms with van der Waals surface area (Å²) in [4.78, 5) is 2.41. The highest BCUT2D eigenvalue weighted by atomic mass is 35.5. The van der Waals surface area contributed by atoms with Gasteiger partial charge in [0.2, 0.25) is 0 Å². The van der Waals surface area contributed by atoms with Gasteiger partial charge in [-0.05, 0) is 31.5 Å². The van der Waals surface area contributed by atoms with Crippen LogP contribution in [0.1, 0.15) is 25.0 Å². The van der Waals surface area contributed by atoms with Crippen molar-refractivity contribution in [3.63, 3.8) is 0 Å². The lowest BCUT2D eigenvalue weighted by Crippen LogP contribution is -2.35. The molecule has 20 heavy (non-hydrogen) atoms. The lowest BCUT2D eigenvalue weighted by molar-refractivity contribution is 0.246. The first-order valence-corrected chi connectivity index (χ1v) is 6.77. The Morgan fingerprint density at radius 3 is 2.80 bits per heavy atom. The van der Waals surface area contributed by atoms with Crippen LogP contribution < -0.4 is 5.73 Å². The van der Waals surface area contributed by atoms with Crippen LogP contribution in [-0.4, -0.2) is 24.0 Å². The van der Waals surface area contributed by atoms with E-state index in [1.807, 2.05) is 18.2 Å². The summed E-state index contributed by atoms with van der Waals surface area (Å²) in [6.45, 7) is 2.99. The summed E-state index contributed by atoms with van der Waals surface area (Å²) in [7, 11) is 0. The van der Waals surface area contributed by atoms with Crippen LogP contribution in [0.4, 0.5) is 0 Å². The van der Waals surface area contributed by atoms with Gasteiger partial charge in [-0.3, -0.25) is 4.90 Å². The van der Waals surface area contributed by atoms with Gasteiger partial charge in [0.15, 0.2) is 0 Å². The Morgan fingerprint density at radius 2 is 2.00 bits per heavy atom. The molecule has 0 aliphatic carbocycles. The second-order valence-electron chi connectivity index (χ2n) is 5.24. The van der Waals surface area contributed by atoms with E-state index in [-0.39, 0.29) is 24.8 Å². The monoisotopic (exact) mass is 316 g/mol. The Balaban J connectivity index is 0.000001000. The van der Waals surface area contributed by atoms with E-state index in [2.05, 4.69) is 17.0 Å². The molecule has 0 bridgehead atoms. The second-order valence-corrected chi connectivity index (χ2v) is 5.24. The second kappa shape index (κ2) is 7.89. The molecule has 5 heteroatoms. The molecular weight excluding hydrogens is 295 g/mol. The number of para-hydroxylation sites is 1. The van der Waals surface area contributed by atoms with E-state index in [0.29, 0.717) is 6.04 Å². The summed E-state index contributed by atoms with van der Waals surface area (Å²) in [6.07, 6.45) is 3.64. The van der Waals surface area contributed by atoms with Gasteiger partial charge in [0.25, 0.3) is 0 Å². The first-order chi connectivity index (χ1) is 8.81. The molecule has 3 nitrogen and oxygen atoms in total. The third-order valence-electron chi connectivity index (χ3n) is 3.65. The third-order valence-corrected chi connectivity index (χ3v) is 3.65. The number of halogens is 2. The van der Waals surface area contributed by atoms with Gasteiger partial charge in [0.1, 0.15) is 11.3 Å². The van der Waals surface area contributed by atoms with E-state index >= 15 is 0 Å². The quantitative estimate of drug-likeness (QED) is 0.920. The zero-order chi connectivity index (χ0) is 12.4. The van der Waals surface area contributed by atoms with E-state index in [4.69, 9.17) is 10.2 Å². The first-order valence-electron chi connectivity index (χ1n) is 6.77. The van der Waals surface area contributed by atoms with E-state index in [1.54, 1.807) is 0 Å². The smallest absolute Gasteiger partial charge is 0.134 e. The molecule has 1 aromatic carbocycles. The average Bonchev–Trinajstić information content (AvgIpc) is 2.65. The Kier molecular flexibility index (Phi) is 6.83. The van der Waals surface area contributed by atoms with Crippen LogP contribution in [-0.2, 0) is 6.54 Å². The molecule has 1 aliphatic heterocycles. The zero-order valence-corrected chi connectivity index (χ0v) is 13.1. The van der Waals surface area contributed by atoms with Gasteiger partial charge in [-0.15, -0.1) is 24.8 Å². The highest BCUT2D eigenvalue weighted by Crippen LogP contribution is 2.21. The maximum atomic E-state index is 6.08. The van der Waals surface area contributed by atoms with Crippen LogP contribution >= 0.6 is 24.8 Å². The van der Waals surface area contributed by atoms with E-state index in [9.17, 15) is 0 Å². The minimum Gasteiger partial charge on any atom is -0.460 e. The number of benzene rings is 1. The van der Waals surface area contributed by atoms with Gasteiger partial charge < -0.3 is 10.2 Å². The standard InChI is InChI=1S/C15H20N2O.2ClH/c16-13-6-3-4-8-17(10-13)11-14-9-12-5-1-2-7-15(12)18-14;;/h1-2,5,7,9,13H,3-4,6,8,10-11,16H2;2*1H. The molecule has 1 aliphatic rings. The molecule has 0 saturated carbocycles. The normalized spacial score (nSPS) is 19.9. The summed E-state index contributed by atoms with van der Waals surface area (Å²) in [5.41, 5.74) is 7.06. The Bertz CT molecular complexity index is 496. The Hall–Kier alpha value is -0.740. The highest BCUT2D eigenvalue weighted by molar-refractivity contribution is 5.85. The maximum Gasteiger partial charge on any atom is 0.134 e. The van der Waals surface area contributed by atoms with Crippen molar-refractivity contribution in [1.82, 2.24) is 4.90 Å². The molecule has 0 radical (unpaired) electrons. The molecule has 1 fully saturated rings. The van der Waals surface area contributed by atoms with Gasteiger partial charge in [-0.1, -0.05) is 24.6 Å². The van der Waals surface area contributed by atoms with Crippen LogP contribution in [0.25, 0.3) is 11.0 Å². The summed E-state index contributed by atoms with van der Waals surface area (Å²) >= 11 is 0. The van der Waals surface area contributed by atoms with Crippen molar-refractivity contribution >= 4 is 35.8 Å². The van der Waals surface area contributed by atoms with Crippen molar-refractivity contribution in [2.24, 2.45) is 5.73 Å². The van der Waals surface area contributed by atoms with Gasteiger partial charge in [0, 0.05) is 18.0 Å². The van der Waals surface area contributed by atoms with Crippen molar-refractivity contribution in [1.29, 1.82) is 0 Å². The van der Waals surface area contributed by atoms with Crippen LogP contribution in [0.2, 0.25) is 0 Å². The first kappa shape index (κ1) is 17.3. The topological polar surface area (TPSA) is 42.4 Å². The average molecular weight is 317 g/mol. The molecule has 1 unspecified atom stereocenters. The number of hydrogen-bond acceptors (Lipinski definition) is 3. The van der Waals surface area contributed by atoms with Gasteiger partial charge in [-0.2, -0.15) is 0 Å². The largest absolute Gasteiger partial charge is 0.460 e. The van der Waals surface area contributed by atoms with Crippen molar-refractivity contribution < 1.29 is 4.42 Å². The number of nitrogens with zero attached hydrogens (tertiary/aromatic N) is 1. The van der Waals surface area contributed by atoms with Crippen molar-refractivity contribution in [3.05, 3.63) is 36.1 Å². The summed E-state index contributed by atoms with van der Waals surface area (Å²) in [5.74, 6) is 1.05. The predicted octanol–water partition coefficient (Wildman–Crippen LogP) is 3.59. The molecule has 0 amide bonds. The van der Waals surface area contributed by atoms with Crippen LogP contribution in [0.3, 0.4) is 0 Å². The third kappa shape index (κ3) is 4.13. The SMILES string of the molecule is Cl.Cl.NC1CCCCN(Cc2cc3ccccc3o2)C1. The van der Waals surface area contributed by atoms with Crippen molar-refractivity contribution in [2.45, 2.75) is 31.8 Å². The zero-order valence-electron chi connectivity index (χ0n) is 11.5. The highest BCUT2D eigenvalue weighted by Gasteiger charge is 2.16.